The fraction of sp³-hybridized carbons (Fsp3) is 0. The summed E-state index contributed by atoms with van der Waals surface area (Å²) < 4.78 is 38.5. The summed E-state index contributed by atoms with van der Waals surface area (Å²) >= 11 is -6.51. The molecule has 0 saturated carbocycles. The van der Waals surface area contributed by atoms with Crippen molar-refractivity contribution in [1.82, 2.24) is 0 Å². The van der Waals surface area contributed by atoms with Crippen LogP contribution in [0.25, 0.3) is 0 Å². The molecule has 0 aromatic carbocycles. The van der Waals surface area contributed by atoms with Gasteiger partial charge in [-0.25, -0.2) is 0 Å². The summed E-state index contributed by atoms with van der Waals surface area (Å²) in [4.78, 5) is 15.9. The van der Waals surface area contributed by atoms with Crippen LogP contribution in [-0.4, -0.2) is 48.6 Å². The second-order valence-corrected chi connectivity index (χ2v) is 22.5. The molecule has 0 unspecified atom stereocenters. The van der Waals surface area contributed by atoms with E-state index >= 15 is 0 Å². The Bertz CT molecular complexity index is 269. The van der Waals surface area contributed by atoms with Crippen LogP contribution in [0.3, 0.4) is 0 Å². The zero-order valence-electron chi connectivity index (χ0n) is 5.17. The average molecular weight is 424 g/mol. The van der Waals surface area contributed by atoms with Gasteiger partial charge in [0, 0.05) is 0 Å². The summed E-state index contributed by atoms with van der Waals surface area (Å²) in [6.45, 7) is 0. The molecule has 10 heteroatoms. The number of hydrogen-bond donors (Lipinski definition) is 3. The Labute approximate surface area is 78.2 Å². The van der Waals surface area contributed by atoms with Crippen molar-refractivity contribution in [3.05, 3.63) is 0 Å². The predicted molar refractivity (Wildman–Crippen MR) is 35.5 cm³/mol. The van der Waals surface area contributed by atoms with Gasteiger partial charge in [0.05, 0.1) is 0 Å². The fourth-order valence-electron chi connectivity index (χ4n) is 0. The van der Waals surface area contributed by atoms with Crippen LogP contribution in [0.1, 0.15) is 0 Å². The summed E-state index contributed by atoms with van der Waals surface area (Å²) in [5, 5.41) is 0. The van der Waals surface area contributed by atoms with E-state index in [9.17, 15) is 11.9 Å². The summed E-state index contributed by atoms with van der Waals surface area (Å²) in [7, 11) is -0.893. The van der Waals surface area contributed by atoms with Crippen molar-refractivity contribution in [2.24, 2.45) is 0 Å². The first-order chi connectivity index (χ1) is 3.51. The van der Waals surface area contributed by atoms with Crippen molar-refractivity contribution >= 4 is 40.9 Å². The van der Waals surface area contributed by atoms with Crippen molar-refractivity contribution in [3.8, 4) is 0 Å². The van der Waals surface area contributed by atoms with Crippen LogP contribution in [0.15, 0.2) is 0 Å². The number of hydrogen-bond acceptors (Lipinski definition) is 3. The van der Waals surface area contributed by atoms with Gasteiger partial charge in [-0.1, -0.05) is 0 Å². The van der Waals surface area contributed by atoms with Gasteiger partial charge in [0.25, 0.3) is 0 Å². The average Bonchev–Trinajstić information content (AvgIpc) is 1.20. The molecule has 0 bridgehead atoms. The first kappa shape index (κ1) is 13.9. The van der Waals surface area contributed by atoms with Gasteiger partial charge in [-0.05, 0) is 0 Å². The van der Waals surface area contributed by atoms with Crippen LogP contribution in [0.4, 0.5) is 0 Å². The molecule has 10 heavy (non-hydrogen) atoms. The number of rotatable bonds is 1. The Kier molecular flexibility index (Phi) is 4.23. The van der Waals surface area contributed by atoms with Crippen molar-refractivity contribution in [2.75, 3.05) is 0 Å². The van der Waals surface area contributed by atoms with Gasteiger partial charge in [0.2, 0.25) is 0 Å². The Morgan fingerprint density at radius 1 is 1.30 bits per heavy atom. The molecule has 0 aliphatic heterocycles. The van der Waals surface area contributed by atoms with E-state index in [1.165, 1.54) is 0 Å². The summed E-state index contributed by atoms with van der Waals surface area (Å²) in [5.41, 5.74) is 0. The van der Waals surface area contributed by atoms with Crippen molar-refractivity contribution in [1.29, 1.82) is 0 Å². The molecule has 0 aliphatic rings. The summed E-state index contributed by atoms with van der Waals surface area (Å²) in [5.74, 6) is 0. The molecule has 64 valence electrons. The summed E-state index contributed by atoms with van der Waals surface area (Å²) in [6.07, 6.45) is 0. The van der Waals surface area contributed by atoms with Gasteiger partial charge in [-0.2, -0.15) is 0 Å². The quantitative estimate of drug-likeness (QED) is 0.297. The first-order valence-electron chi connectivity index (χ1n) is 1.79. The normalized spacial score (nSPS) is 14.4. The van der Waals surface area contributed by atoms with Crippen LogP contribution >= 0.6 is 6.07 Å². The zero-order valence-corrected chi connectivity index (χ0v) is 15.0. The SMILES string of the molecule is O=[P](O)(O)[V](=[O])(=[O])([OH])[SiH3].[BiH3]. The van der Waals surface area contributed by atoms with Crippen LogP contribution < -0.4 is 0 Å². The predicted octanol–water partition coefficient (Wildman–Crippen LogP) is -3.54. The van der Waals surface area contributed by atoms with Crippen molar-refractivity contribution in [3.63, 3.8) is 0 Å². The molecule has 0 saturated heterocycles. The summed E-state index contributed by atoms with van der Waals surface area (Å²) in [6, 6.07) is -5.28. The molecule has 0 aromatic heterocycles. The molecule has 0 radical (unpaired) electrons. The molecule has 0 amide bonds. The van der Waals surface area contributed by atoms with Crippen molar-refractivity contribution in [2.45, 2.75) is 0 Å². The van der Waals surface area contributed by atoms with Crippen LogP contribution in [0.2, 0.25) is 0 Å². The van der Waals surface area contributed by atoms with E-state index in [0.29, 0.717) is 0 Å². The molecular weight excluding hydrogens is 415 g/mol. The zero-order chi connectivity index (χ0) is 7.95. The minimum atomic E-state index is -6.51. The third kappa shape index (κ3) is 3.69. The molecule has 3 N–H and O–H groups in total. The van der Waals surface area contributed by atoms with Crippen LogP contribution in [0, 0.1) is 0 Å². The molecular formula is H9BiO6PSiV. The van der Waals surface area contributed by atoms with Gasteiger partial charge in [0.15, 0.2) is 0 Å². The Morgan fingerprint density at radius 3 is 1.40 bits per heavy atom. The van der Waals surface area contributed by atoms with Gasteiger partial charge < -0.3 is 0 Å². The monoisotopic (exact) mass is 424 g/mol. The van der Waals surface area contributed by atoms with E-state index in [0.717, 1.165) is 0 Å². The fourth-order valence-corrected chi connectivity index (χ4v) is 0. The van der Waals surface area contributed by atoms with Gasteiger partial charge in [-0.3, -0.25) is 0 Å². The maximum absolute atomic E-state index is 10.2. The third-order valence-corrected chi connectivity index (χ3v) is 13.7. The second-order valence-electron chi connectivity index (χ2n) is 1.77. The van der Waals surface area contributed by atoms with Gasteiger partial charge in [0.1, 0.15) is 0 Å². The van der Waals surface area contributed by atoms with E-state index in [2.05, 4.69) is 0 Å². The molecule has 0 heterocycles. The molecule has 0 aliphatic carbocycles. The van der Waals surface area contributed by atoms with Gasteiger partial charge >= 0.3 is 78.6 Å². The van der Waals surface area contributed by atoms with E-state index < -0.39 is 26.7 Å². The molecule has 0 atom stereocenters. The van der Waals surface area contributed by atoms with E-state index in [1.807, 2.05) is 0 Å². The van der Waals surface area contributed by atoms with Crippen LogP contribution in [0.5, 0.6) is 0 Å². The van der Waals surface area contributed by atoms with E-state index in [4.69, 9.17) is 13.8 Å². The third-order valence-electron chi connectivity index (χ3n) is 0.590. The van der Waals surface area contributed by atoms with Crippen molar-refractivity contribution < 1.29 is 37.7 Å². The topological polar surface area (TPSA) is 112 Å². The van der Waals surface area contributed by atoms with E-state index in [1.54, 1.807) is 0 Å². The minimum absolute atomic E-state index is 0. The molecule has 0 fully saturated rings. The Balaban J connectivity index is 0. The Morgan fingerprint density at radius 2 is 1.40 bits per heavy atom. The van der Waals surface area contributed by atoms with E-state index in [-0.39, 0.29) is 26.2 Å². The maximum atomic E-state index is 10.2. The second kappa shape index (κ2) is 3.03. The standard InChI is InChI=1S/Bi.HO3P.H2O.2O.H3Si.V.3H/c;1-4(2)3;;;;;;;;/h;(H-,1,2,3);1H2;;;1H3;;;;. The molecule has 0 aromatic rings. The van der Waals surface area contributed by atoms with Crippen LogP contribution in [-0.2, 0) is 23.9 Å². The molecule has 6 nitrogen and oxygen atoms in total. The first-order valence-corrected chi connectivity index (χ1v) is 12.1. The molecule has 0 rings (SSSR count). The van der Waals surface area contributed by atoms with Gasteiger partial charge in [-0.15, -0.1) is 0 Å². The molecule has 0 spiro atoms. The Hall–Kier alpha value is 1.39.